The van der Waals surface area contributed by atoms with Crippen LogP contribution >= 0.6 is 11.6 Å². The lowest BCUT2D eigenvalue weighted by Gasteiger charge is -2.12. The highest BCUT2D eigenvalue weighted by atomic mass is 35.5. The van der Waals surface area contributed by atoms with Crippen LogP contribution in [0.3, 0.4) is 0 Å². The largest absolute Gasteiger partial charge is 0.361 e. The van der Waals surface area contributed by atoms with Crippen LogP contribution in [0.2, 0.25) is 5.02 Å². The van der Waals surface area contributed by atoms with E-state index in [0.717, 1.165) is 27.9 Å². The fourth-order valence-corrected chi connectivity index (χ4v) is 3.71. The number of nitrogens with zero attached hydrogens (tertiary/aromatic N) is 2. The summed E-state index contributed by atoms with van der Waals surface area (Å²) in [6.45, 7) is 4.26. The molecule has 1 aliphatic rings. The van der Waals surface area contributed by atoms with Crippen molar-refractivity contribution in [3.05, 3.63) is 63.8 Å². The van der Waals surface area contributed by atoms with Gasteiger partial charge in [0.05, 0.1) is 16.3 Å². The molecule has 0 fully saturated rings. The van der Waals surface area contributed by atoms with Crippen molar-refractivity contribution in [3.63, 3.8) is 0 Å². The summed E-state index contributed by atoms with van der Waals surface area (Å²) in [5, 5.41) is 4.05. The van der Waals surface area contributed by atoms with Crippen LogP contribution in [-0.2, 0) is 6.54 Å². The molecule has 132 valence electrons. The number of benzene rings is 2. The van der Waals surface area contributed by atoms with E-state index >= 15 is 0 Å². The average molecular weight is 371 g/mol. The van der Waals surface area contributed by atoms with Crippen molar-refractivity contribution in [2.75, 3.05) is 7.05 Å². The summed E-state index contributed by atoms with van der Waals surface area (Å²) in [7, 11) is 1.76. The zero-order chi connectivity index (χ0) is 18.6. The van der Waals surface area contributed by atoms with E-state index < -0.39 is 5.82 Å². The van der Waals surface area contributed by atoms with Crippen molar-refractivity contribution in [2.24, 2.45) is 0 Å². The number of hydrogen-bond acceptors (Lipinski definition) is 3. The van der Waals surface area contributed by atoms with Gasteiger partial charge in [-0.1, -0.05) is 22.8 Å². The van der Waals surface area contributed by atoms with Gasteiger partial charge in [0.2, 0.25) is 0 Å². The van der Waals surface area contributed by atoms with Crippen molar-refractivity contribution in [3.8, 4) is 22.3 Å². The molecular formula is C20H16ClFN2O2. The Balaban J connectivity index is 2.00. The SMILES string of the molecule is Cc1noc(C)c1-c1cc2c(c(-c3ccc(F)c(Cl)c3)c1)C(=O)N(C)C2. The second-order valence-electron chi connectivity index (χ2n) is 6.55. The molecular weight excluding hydrogens is 355 g/mol. The van der Waals surface area contributed by atoms with Gasteiger partial charge in [0, 0.05) is 19.2 Å². The van der Waals surface area contributed by atoms with E-state index in [-0.39, 0.29) is 10.9 Å². The van der Waals surface area contributed by atoms with Crippen LogP contribution in [0.5, 0.6) is 0 Å². The smallest absolute Gasteiger partial charge is 0.254 e. The van der Waals surface area contributed by atoms with Gasteiger partial charge in [-0.05, 0) is 60.4 Å². The van der Waals surface area contributed by atoms with Crippen LogP contribution in [0.15, 0.2) is 34.9 Å². The highest BCUT2D eigenvalue weighted by molar-refractivity contribution is 6.31. The van der Waals surface area contributed by atoms with Gasteiger partial charge < -0.3 is 9.42 Å². The Hall–Kier alpha value is -2.66. The highest BCUT2D eigenvalue weighted by Gasteiger charge is 2.29. The molecule has 1 amide bonds. The van der Waals surface area contributed by atoms with Crippen molar-refractivity contribution in [2.45, 2.75) is 20.4 Å². The van der Waals surface area contributed by atoms with Crippen LogP contribution in [-0.4, -0.2) is 23.0 Å². The molecule has 1 aromatic heterocycles. The van der Waals surface area contributed by atoms with Crippen molar-refractivity contribution in [1.82, 2.24) is 10.1 Å². The van der Waals surface area contributed by atoms with E-state index in [1.165, 1.54) is 6.07 Å². The van der Waals surface area contributed by atoms with Crippen molar-refractivity contribution in [1.29, 1.82) is 0 Å². The molecule has 0 bridgehead atoms. The molecule has 4 rings (SSSR count). The lowest BCUT2D eigenvalue weighted by atomic mass is 9.91. The summed E-state index contributed by atoms with van der Waals surface area (Å²) in [5.74, 6) is 0.168. The Morgan fingerprint density at radius 2 is 1.92 bits per heavy atom. The summed E-state index contributed by atoms with van der Waals surface area (Å²) >= 11 is 5.97. The maximum absolute atomic E-state index is 13.6. The molecule has 6 heteroatoms. The molecule has 0 atom stereocenters. The average Bonchev–Trinajstić information content (AvgIpc) is 3.08. The molecule has 3 aromatic rings. The molecule has 4 nitrogen and oxygen atoms in total. The number of amides is 1. The minimum atomic E-state index is -0.489. The normalized spacial score (nSPS) is 13.4. The van der Waals surface area contributed by atoms with Gasteiger partial charge in [0.15, 0.2) is 0 Å². The first-order valence-corrected chi connectivity index (χ1v) is 8.55. The Bertz CT molecular complexity index is 1040. The quantitative estimate of drug-likeness (QED) is 0.637. The topological polar surface area (TPSA) is 46.3 Å². The Morgan fingerprint density at radius 3 is 2.58 bits per heavy atom. The van der Waals surface area contributed by atoms with Crippen LogP contribution < -0.4 is 0 Å². The van der Waals surface area contributed by atoms with Gasteiger partial charge in [0.1, 0.15) is 11.6 Å². The maximum Gasteiger partial charge on any atom is 0.254 e. The third kappa shape index (κ3) is 2.51. The summed E-state index contributed by atoms with van der Waals surface area (Å²) in [5.41, 5.74) is 5.58. The first kappa shape index (κ1) is 16.8. The Kier molecular flexibility index (Phi) is 3.84. The minimum Gasteiger partial charge on any atom is -0.361 e. The van der Waals surface area contributed by atoms with E-state index in [9.17, 15) is 9.18 Å². The summed E-state index contributed by atoms with van der Waals surface area (Å²) in [6, 6.07) is 8.43. The highest BCUT2D eigenvalue weighted by Crippen LogP contribution is 2.39. The number of aryl methyl sites for hydroxylation is 2. The van der Waals surface area contributed by atoms with E-state index in [0.29, 0.717) is 23.4 Å². The van der Waals surface area contributed by atoms with Crippen molar-refractivity contribution < 1.29 is 13.7 Å². The standard InChI is InChI=1S/C20H16ClFN2O2/c1-10-18(11(2)26-23-10)13-6-14-9-24(3)20(25)19(14)15(7-13)12-4-5-17(22)16(21)8-12/h4-8H,9H2,1-3H3. The fourth-order valence-electron chi connectivity index (χ4n) is 3.53. The number of halogens is 2. The first-order valence-electron chi connectivity index (χ1n) is 8.18. The second-order valence-corrected chi connectivity index (χ2v) is 6.95. The molecule has 0 N–H and O–H groups in total. The third-order valence-corrected chi connectivity index (χ3v) is 5.03. The minimum absolute atomic E-state index is 0.0257. The molecule has 26 heavy (non-hydrogen) atoms. The van der Waals surface area contributed by atoms with Crippen LogP contribution in [0.25, 0.3) is 22.3 Å². The summed E-state index contributed by atoms with van der Waals surface area (Å²) in [4.78, 5) is 14.3. The number of carbonyl (C=O) groups is 1. The zero-order valence-electron chi connectivity index (χ0n) is 14.6. The number of carbonyl (C=O) groups excluding carboxylic acids is 1. The molecule has 0 spiro atoms. The fraction of sp³-hybridized carbons (Fsp3) is 0.200. The molecule has 2 heterocycles. The van der Waals surface area contributed by atoms with Gasteiger partial charge in [-0.3, -0.25) is 4.79 Å². The third-order valence-electron chi connectivity index (χ3n) is 4.74. The number of hydrogen-bond donors (Lipinski definition) is 0. The molecule has 0 aliphatic carbocycles. The number of rotatable bonds is 2. The van der Waals surface area contributed by atoms with Gasteiger partial charge in [-0.15, -0.1) is 0 Å². The van der Waals surface area contributed by atoms with E-state index in [1.807, 2.05) is 26.0 Å². The molecule has 1 aliphatic heterocycles. The summed E-state index contributed by atoms with van der Waals surface area (Å²) in [6.07, 6.45) is 0. The molecule has 0 unspecified atom stereocenters. The van der Waals surface area contributed by atoms with Gasteiger partial charge in [0.25, 0.3) is 5.91 Å². The second kappa shape index (κ2) is 5.95. The lowest BCUT2D eigenvalue weighted by Crippen LogP contribution is -2.17. The van der Waals surface area contributed by atoms with Gasteiger partial charge >= 0.3 is 0 Å². The first-order chi connectivity index (χ1) is 12.4. The summed E-state index contributed by atoms with van der Waals surface area (Å²) < 4.78 is 18.9. The number of fused-ring (bicyclic) bond motifs is 1. The number of aromatic nitrogens is 1. The molecule has 2 aromatic carbocycles. The Morgan fingerprint density at radius 1 is 1.15 bits per heavy atom. The van der Waals surface area contributed by atoms with E-state index in [1.54, 1.807) is 24.1 Å². The predicted molar refractivity (Wildman–Crippen MR) is 97.6 cm³/mol. The van der Waals surface area contributed by atoms with Gasteiger partial charge in [-0.25, -0.2) is 4.39 Å². The molecule has 0 saturated carbocycles. The van der Waals surface area contributed by atoms with E-state index in [2.05, 4.69) is 5.16 Å². The predicted octanol–water partition coefficient (Wildman–Crippen LogP) is 5.00. The monoisotopic (exact) mass is 370 g/mol. The van der Waals surface area contributed by atoms with Crippen LogP contribution in [0, 0.1) is 19.7 Å². The molecule has 0 saturated heterocycles. The maximum atomic E-state index is 13.6. The van der Waals surface area contributed by atoms with E-state index in [4.69, 9.17) is 16.1 Å². The van der Waals surface area contributed by atoms with Crippen LogP contribution in [0.1, 0.15) is 27.4 Å². The Labute approximate surface area is 155 Å². The van der Waals surface area contributed by atoms with Crippen LogP contribution in [0.4, 0.5) is 4.39 Å². The van der Waals surface area contributed by atoms with Crippen molar-refractivity contribution >= 4 is 17.5 Å². The lowest BCUT2D eigenvalue weighted by molar-refractivity contribution is 0.0817. The zero-order valence-corrected chi connectivity index (χ0v) is 15.3. The van der Waals surface area contributed by atoms with Gasteiger partial charge in [-0.2, -0.15) is 0 Å². The molecule has 0 radical (unpaired) electrons.